The number of methoxy groups -OCH3 is 1. The topological polar surface area (TPSA) is 80.0 Å². The Morgan fingerprint density at radius 1 is 1.14 bits per heavy atom. The second-order valence-electron chi connectivity index (χ2n) is 7.94. The van der Waals surface area contributed by atoms with E-state index in [-0.39, 0.29) is 17.1 Å². The average molecular weight is 507 g/mol. The molecule has 0 unspecified atom stereocenters. The molecule has 0 aliphatic heterocycles. The van der Waals surface area contributed by atoms with E-state index in [4.69, 9.17) is 10.1 Å². The molecule has 37 heavy (non-hydrogen) atoms. The quantitative estimate of drug-likeness (QED) is 0.262. The van der Waals surface area contributed by atoms with Crippen LogP contribution in [0.1, 0.15) is 58.6 Å². The fourth-order valence-electron chi connectivity index (χ4n) is 3.67. The number of aromatic nitrogens is 2. The maximum atomic E-state index is 14.7. The van der Waals surface area contributed by atoms with E-state index in [2.05, 4.69) is 23.3 Å². The fourth-order valence-corrected chi connectivity index (χ4v) is 3.67. The number of halogens is 1. The van der Waals surface area contributed by atoms with Gasteiger partial charge in [0.25, 0.3) is 5.56 Å². The van der Waals surface area contributed by atoms with Gasteiger partial charge in [0.15, 0.2) is 5.75 Å². The van der Waals surface area contributed by atoms with E-state index in [0.717, 1.165) is 18.4 Å². The van der Waals surface area contributed by atoms with Gasteiger partial charge in [0.2, 0.25) is 0 Å². The number of para-hydroxylation sites is 1. The first-order valence-corrected chi connectivity index (χ1v) is 12.6. The third-order valence-corrected chi connectivity index (χ3v) is 5.47. The Balaban J connectivity index is 0.00000106. The first kappa shape index (κ1) is 31.1. The molecule has 2 N–H and O–H groups in total. The Morgan fingerprint density at radius 2 is 1.76 bits per heavy atom. The van der Waals surface area contributed by atoms with Gasteiger partial charge in [-0.1, -0.05) is 45.9 Å². The number of anilines is 2. The summed E-state index contributed by atoms with van der Waals surface area (Å²) in [6.45, 7) is 12.0. The van der Waals surface area contributed by atoms with Gasteiger partial charge in [0.1, 0.15) is 11.5 Å². The van der Waals surface area contributed by atoms with Gasteiger partial charge in [-0.15, -0.1) is 12.8 Å². The molecule has 6 nitrogen and oxygen atoms in total. The number of aryl methyl sites for hydroxylation is 1. The molecule has 0 amide bonds. The standard InChI is InChI=1S/C24H25FN4O2.2C2H6.C2H2/c1-14-6-4-8-18(25)22(14)20-12-21(24(30)29(28-20)13-16-10-11-16)27-19-9-5-7-17(15(2)26)23(19)31-3;3*1-2/h4-9,12,16,26-27H,10-11,13H2,1-3H3;2*1-2H3;1-2H. The highest BCUT2D eigenvalue weighted by atomic mass is 19.1. The zero-order valence-electron chi connectivity index (χ0n) is 23.0. The second-order valence-corrected chi connectivity index (χ2v) is 7.94. The molecule has 0 bridgehead atoms. The number of nitrogens with one attached hydrogen (secondary N) is 2. The van der Waals surface area contributed by atoms with Crippen molar-refractivity contribution in [1.29, 1.82) is 5.41 Å². The van der Waals surface area contributed by atoms with Gasteiger partial charge in [-0.05, 0) is 62.4 Å². The van der Waals surface area contributed by atoms with E-state index < -0.39 is 0 Å². The molecule has 4 rings (SSSR count). The van der Waals surface area contributed by atoms with Crippen LogP contribution in [0.4, 0.5) is 15.8 Å². The smallest absolute Gasteiger partial charge is 0.290 e. The first-order chi connectivity index (χ1) is 17.9. The van der Waals surface area contributed by atoms with Crippen molar-refractivity contribution in [2.75, 3.05) is 12.4 Å². The Hall–Kier alpha value is -3.92. The lowest BCUT2D eigenvalue weighted by atomic mass is 10.0. The highest BCUT2D eigenvalue weighted by Crippen LogP contribution is 2.33. The van der Waals surface area contributed by atoms with Crippen molar-refractivity contribution in [2.45, 2.75) is 60.9 Å². The summed E-state index contributed by atoms with van der Waals surface area (Å²) in [6, 6.07) is 11.8. The summed E-state index contributed by atoms with van der Waals surface area (Å²) in [7, 11) is 1.53. The van der Waals surface area contributed by atoms with Gasteiger partial charge < -0.3 is 15.5 Å². The van der Waals surface area contributed by atoms with Crippen molar-refractivity contribution in [1.82, 2.24) is 9.78 Å². The zero-order chi connectivity index (χ0) is 28.1. The van der Waals surface area contributed by atoms with Crippen LogP contribution in [0.25, 0.3) is 11.3 Å². The van der Waals surface area contributed by atoms with Crippen LogP contribution in [-0.4, -0.2) is 22.6 Å². The first-order valence-electron chi connectivity index (χ1n) is 12.6. The lowest BCUT2D eigenvalue weighted by Gasteiger charge is -2.16. The Bertz CT molecular complexity index is 1240. The number of rotatable bonds is 7. The molecule has 1 aliphatic rings. The number of terminal acetylenes is 1. The summed E-state index contributed by atoms with van der Waals surface area (Å²) in [5, 5.41) is 15.6. The molecule has 1 saturated carbocycles. The largest absolute Gasteiger partial charge is 0.494 e. The van der Waals surface area contributed by atoms with Crippen LogP contribution in [-0.2, 0) is 6.54 Å². The molecule has 2 aromatic carbocycles. The average Bonchev–Trinajstić information content (AvgIpc) is 3.74. The molecule has 0 saturated heterocycles. The summed E-state index contributed by atoms with van der Waals surface area (Å²) < 4.78 is 21.6. The van der Waals surface area contributed by atoms with Crippen molar-refractivity contribution < 1.29 is 9.13 Å². The number of ether oxygens (including phenoxy) is 1. The molecule has 198 valence electrons. The predicted octanol–water partition coefficient (Wildman–Crippen LogP) is 7.21. The number of hydrogen-bond donors (Lipinski definition) is 2. The lowest BCUT2D eigenvalue weighted by Crippen LogP contribution is -2.26. The van der Waals surface area contributed by atoms with Crippen molar-refractivity contribution in [2.24, 2.45) is 5.92 Å². The Kier molecular flexibility index (Phi) is 12.8. The van der Waals surface area contributed by atoms with Gasteiger partial charge in [-0.2, -0.15) is 5.10 Å². The number of hydrogen-bond acceptors (Lipinski definition) is 5. The van der Waals surface area contributed by atoms with Crippen molar-refractivity contribution in [3.05, 3.63) is 69.8 Å². The third kappa shape index (κ3) is 7.78. The van der Waals surface area contributed by atoms with E-state index in [1.54, 1.807) is 37.3 Å². The minimum absolute atomic E-state index is 0.274. The van der Waals surface area contributed by atoms with Gasteiger partial charge in [0.05, 0.1) is 18.5 Å². The van der Waals surface area contributed by atoms with Crippen LogP contribution >= 0.6 is 0 Å². The van der Waals surface area contributed by atoms with Crippen LogP contribution in [0.2, 0.25) is 0 Å². The monoisotopic (exact) mass is 506 g/mol. The molecule has 3 aromatic rings. The minimum Gasteiger partial charge on any atom is -0.494 e. The highest BCUT2D eigenvalue weighted by molar-refractivity contribution is 6.00. The van der Waals surface area contributed by atoms with E-state index in [0.29, 0.717) is 46.4 Å². The van der Waals surface area contributed by atoms with E-state index in [9.17, 15) is 9.18 Å². The Morgan fingerprint density at radius 3 is 2.30 bits per heavy atom. The molecule has 7 heteroatoms. The van der Waals surface area contributed by atoms with Crippen molar-refractivity contribution in [3.63, 3.8) is 0 Å². The molecule has 1 fully saturated rings. The molecular formula is C30H39FN4O2. The van der Waals surface area contributed by atoms with E-state index in [1.165, 1.54) is 17.9 Å². The summed E-state index contributed by atoms with van der Waals surface area (Å²) in [5.74, 6) is 0.520. The van der Waals surface area contributed by atoms with Crippen LogP contribution in [0.5, 0.6) is 5.75 Å². The summed E-state index contributed by atoms with van der Waals surface area (Å²) in [4.78, 5) is 13.2. The maximum absolute atomic E-state index is 14.7. The normalized spacial score (nSPS) is 11.4. The zero-order valence-corrected chi connectivity index (χ0v) is 23.0. The van der Waals surface area contributed by atoms with E-state index in [1.807, 2.05) is 40.7 Å². The van der Waals surface area contributed by atoms with Crippen molar-refractivity contribution in [3.8, 4) is 29.9 Å². The number of nitrogens with zero attached hydrogens (tertiary/aromatic N) is 2. The minimum atomic E-state index is -0.380. The molecule has 1 aromatic heterocycles. The van der Waals surface area contributed by atoms with Crippen molar-refractivity contribution >= 4 is 17.1 Å². The number of benzene rings is 2. The predicted molar refractivity (Wildman–Crippen MR) is 153 cm³/mol. The summed E-state index contributed by atoms with van der Waals surface area (Å²) in [6.07, 6.45) is 10.1. The van der Waals surface area contributed by atoms with E-state index >= 15 is 0 Å². The maximum Gasteiger partial charge on any atom is 0.290 e. The Labute approximate surface area is 220 Å². The molecule has 0 radical (unpaired) electrons. The molecule has 0 atom stereocenters. The van der Waals surface area contributed by atoms with Crippen LogP contribution in [0, 0.1) is 36.9 Å². The molecule has 1 aliphatic carbocycles. The third-order valence-electron chi connectivity index (χ3n) is 5.47. The summed E-state index contributed by atoms with van der Waals surface area (Å²) in [5.41, 5.74) is 3.07. The molecular weight excluding hydrogens is 467 g/mol. The molecule has 0 spiro atoms. The second kappa shape index (κ2) is 15.2. The van der Waals surface area contributed by atoms with Gasteiger partial charge in [-0.3, -0.25) is 4.79 Å². The van der Waals surface area contributed by atoms with Crippen LogP contribution in [0.15, 0.2) is 47.3 Å². The van der Waals surface area contributed by atoms with Gasteiger partial charge >= 0.3 is 0 Å². The fraction of sp³-hybridized carbons (Fsp3) is 0.367. The molecule has 1 heterocycles. The van der Waals surface area contributed by atoms with Gasteiger partial charge in [-0.25, -0.2) is 9.07 Å². The van der Waals surface area contributed by atoms with Crippen LogP contribution in [0.3, 0.4) is 0 Å². The lowest BCUT2D eigenvalue weighted by molar-refractivity contribution is 0.416. The summed E-state index contributed by atoms with van der Waals surface area (Å²) >= 11 is 0. The SMILES string of the molecule is C#C.CC.CC.COc1c(Nc2cc(-c3c(C)cccc3F)nn(CC3CC3)c2=O)cccc1C(C)=N. The highest BCUT2D eigenvalue weighted by Gasteiger charge is 2.24. The van der Waals surface area contributed by atoms with Crippen LogP contribution < -0.4 is 15.6 Å². The van der Waals surface area contributed by atoms with Gasteiger partial charge in [0, 0.05) is 23.4 Å².